The first-order valence-corrected chi connectivity index (χ1v) is 6.71. The number of rotatable bonds is 4. The minimum absolute atomic E-state index is 0.315. The molecule has 1 heterocycles. The SMILES string of the molecule is CNC(Cn1cnc2ccccc21)c1cccc(F)c1F. The Kier molecular flexibility index (Phi) is 3.66. The monoisotopic (exact) mass is 287 g/mol. The third kappa shape index (κ3) is 2.52. The van der Waals surface area contributed by atoms with Crippen LogP contribution in [0.4, 0.5) is 8.78 Å². The highest BCUT2D eigenvalue weighted by atomic mass is 19.2. The van der Waals surface area contributed by atoms with Crippen LogP contribution in [-0.4, -0.2) is 16.6 Å². The molecule has 21 heavy (non-hydrogen) atoms. The number of fused-ring (bicyclic) bond motifs is 1. The number of hydrogen-bond donors (Lipinski definition) is 1. The molecular weight excluding hydrogens is 272 g/mol. The van der Waals surface area contributed by atoms with Crippen molar-refractivity contribution in [3.8, 4) is 0 Å². The number of para-hydroxylation sites is 2. The summed E-state index contributed by atoms with van der Waals surface area (Å²) in [5.74, 6) is -1.63. The predicted molar refractivity (Wildman–Crippen MR) is 77.9 cm³/mol. The van der Waals surface area contributed by atoms with Gasteiger partial charge < -0.3 is 9.88 Å². The van der Waals surface area contributed by atoms with Gasteiger partial charge in [0.05, 0.1) is 23.4 Å². The molecular formula is C16H15F2N3. The van der Waals surface area contributed by atoms with E-state index in [2.05, 4.69) is 10.3 Å². The molecule has 5 heteroatoms. The van der Waals surface area contributed by atoms with Gasteiger partial charge in [0.15, 0.2) is 11.6 Å². The van der Waals surface area contributed by atoms with E-state index in [1.54, 1.807) is 19.4 Å². The number of aromatic nitrogens is 2. The first-order valence-electron chi connectivity index (χ1n) is 6.71. The fraction of sp³-hybridized carbons (Fsp3) is 0.188. The maximum absolute atomic E-state index is 13.9. The Labute approximate surface area is 121 Å². The van der Waals surface area contributed by atoms with Crippen molar-refractivity contribution in [1.29, 1.82) is 0 Å². The number of nitrogens with one attached hydrogen (secondary N) is 1. The van der Waals surface area contributed by atoms with E-state index in [0.29, 0.717) is 12.1 Å². The van der Waals surface area contributed by atoms with Crippen LogP contribution >= 0.6 is 0 Å². The van der Waals surface area contributed by atoms with Crippen molar-refractivity contribution in [1.82, 2.24) is 14.9 Å². The van der Waals surface area contributed by atoms with Crippen molar-refractivity contribution in [2.24, 2.45) is 0 Å². The molecule has 3 nitrogen and oxygen atoms in total. The molecule has 0 radical (unpaired) electrons. The van der Waals surface area contributed by atoms with Crippen LogP contribution in [0.15, 0.2) is 48.8 Å². The topological polar surface area (TPSA) is 29.9 Å². The molecule has 2 aromatic carbocycles. The lowest BCUT2D eigenvalue weighted by atomic mass is 10.1. The molecule has 0 spiro atoms. The quantitative estimate of drug-likeness (QED) is 0.798. The van der Waals surface area contributed by atoms with Gasteiger partial charge in [-0.1, -0.05) is 24.3 Å². The number of hydrogen-bond acceptors (Lipinski definition) is 2. The van der Waals surface area contributed by atoms with Gasteiger partial charge in [0, 0.05) is 12.1 Å². The van der Waals surface area contributed by atoms with Crippen LogP contribution in [0, 0.1) is 11.6 Å². The summed E-state index contributed by atoms with van der Waals surface area (Å²) in [6.07, 6.45) is 1.71. The van der Waals surface area contributed by atoms with Gasteiger partial charge in [0.2, 0.25) is 0 Å². The van der Waals surface area contributed by atoms with Gasteiger partial charge >= 0.3 is 0 Å². The van der Waals surface area contributed by atoms with E-state index in [4.69, 9.17) is 0 Å². The fourth-order valence-corrected chi connectivity index (χ4v) is 2.49. The van der Waals surface area contributed by atoms with E-state index >= 15 is 0 Å². The summed E-state index contributed by atoms with van der Waals surface area (Å²) < 4.78 is 29.3. The fourth-order valence-electron chi connectivity index (χ4n) is 2.49. The normalized spacial score (nSPS) is 12.7. The summed E-state index contributed by atoms with van der Waals surface area (Å²) in [4.78, 5) is 4.31. The molecule has 1 atom stereocenters. The van der Waals surface area contributed by atoms with Crippen molar-refractivity contribution >= 4 is 11.0 Å². The van der Waals surface area contributed by atoms with Gasteiger partial charge in [-0.05, 0) is 25.2 Å². The zero-order valence-corrected chi connectivity index (χ0v) is 11.6. The third-order valence-electron chi connectivity index (χ3n) is 3.61. The van der Waals surface area contributed by atoms with Gasteiger partial charge in [-0.3, -0.25) is 0 Å². The van der Waals surface area contributed by atoms with E-state index < -0.39 is 11.6 Å². The maximum Gasteiger partial charge on any atom is 0.163 e. The van der Waals surface area contributed by atoms with Crippen LogP contribution in [-0.2, 0) is 6.54 Å². The van der Waals surface area contributed by atoms with Gasteiger partial charge in [-0.15, -0.1) is 0 Å². The molecule has 0 fully saturated rings. The minimum atomic E-state index is -0.830. The van der Waals surface area contributed by atoms with Crippen LogP contribution in [0.1, 0.15) is 11.6 Å². The average Bonchev–Trinajstić information content (AvgIpc) is 2.91. The number of nitrogens with zero attached hydrogens (tertiary/aromatic N) is 2. The molecule has 1 unspecified atom stereocenters. The highest BCUT2D eigenvalue weighted by Crippen LogP contribution is 2.22. The highest BCUT2D eigenvalue weighted by Gasteiger charge is 2.18. The molecule has 3 aromatic rings. The first-order chi connectivity index (χ1) is 10.2. The molecule has 1 aromatic heterocycles. The largest absolute Gasteiger partial charge is 0.329 e. The zero-order valence-electron chi connectivity index (χ0n) is 11.6. The standard InChI is InChI=1S/C16H15F2N3/c1-19-14(11-5-4-6-12(17)16(11)18)9-21-10-20-13-7-2-3-8-15(13)21/h2-8,10,14,19H,9H2,1H3. The van der Waals surface area contributed by atoms with Crippen LogP contribution in [0.2, 0.25) is 0 Å². The second-order valence-electron chi connectivity index (χ2n) is 4.87. The average molecular weight is 287 g/mol. The molecule has 0 saturated heterocycles. The maximum atomic E-state index is 13.9. The lowest BCUT2D eigenvalue weighted by Gasteiger charge is -2.18. The third-order valence-corrected chi connectivity index (χ3v) is 3.61. The first kappa shape index (κ1) is 13.7. The Bertz CT molecular complexity index is 767. The number of likely N-dealkylation sites (N-methyl/N-ethyl adjacent to an activating group) is 1. The zero-order chi connectivity index (χ0) is 14.8. The Morgan fingerprint density at radius 1 is 1.14 bits per heavy atom. The van der Waals surface area contributed by atoms with Crippen LogP contribution in [0.5, 0.6) is 0 Å². The summed E-state index contributed by atoms with van der Waals surface area (Å²) in [5, 5.41) is 3.03. The van der Waals surface area contributed by atoms with Crippen molar-refractivity contribution in [3.05, 3.63) is 66.0 Å². The molecule has 0 aliphatic carbocycles. The van der Waals surface area contributed by atoms with Gasteiger partial charge in [0.1, 0.15) is 0 Å². The van der Waals surface area contributed by atoms with E-state index in [0.717, 1.165) is 17.1 Å². The molecule has 1 N–H and O–H groups in total. The van der Waals surface area contributed by atoms with Crippen LogP contribution in [0.25, 0.3) is 11.0 Å². The highest BCUT2D eigenvalue weighted by molar-refractivity contribution is 5.74. The molecule has 0 amide bonds. The second kappa shape index (κ2) is 5.61. The van der Waals surface area contributed by atoms with Gasteiger partial charge in [0.25, 0.3) is 0 Å². The summed E-state index contributed by atoms with van der Waals surface area (Å²) in [7, 11) is 1.73. The van der Waals surface area contributed by atoms with Crippen molar-refractivity contribution in [2.75, 3.05) is 7.05 Å². The smallest absolute Gasteiger partial charge is 0.163 e. The van der Waals surface area contributed by atoms with Crippen LogP contribution < -0.4 is 5.32 Å². The lowest BCUT2D eigenvalue weighted by molar-refractivity contribution is 0.449. The number of imidazole rings is 1. The van der Waals surface area contributed by atoms with E-state index in [9.17, 15) is 8.78 Å². The number of halogens is 2. The Morgan fingerprint density at radius 2 is 1.95 bits per heavy atom. The molecule has 3 rings (SSSR count). The Morgan fingerprint density at radius 3 is 2.76 bits per heavy atom. The Balaban J connectivity index is 1.96. The van der Waals surface area contributed by atoms with Crippen LogP contribution in [0.3, 0.4) is 0 Å². The minimum Gasteiger partial charge on any atom is -0.329 e. The lowest BCUT2D eigenvalue weighted by Crippen LogP contribution is -2.23. The van der Waals surface area contributed by atoms with E-state index in [-0.39, 0.29) is 6.04 Å². The summed E-state index contributed by atoms with van der Waals surface area (Å²) in [6.45, 7) is 0.470. The van der Waals surface area contributed by atoms with Crippen molar-refractivity contribution in [2.45, 2.75) is 12.6 Å². The summed E-state index contributed by atoms with van der Waals surface area (Å²) >= 11 is 0. The Hall–Kier alpha value is -2.27. The molecule has 108 valence electrons. The molecule has 0 bridgehead atoms. The number of benzene rings is 2. The van der Waals surface area contributed by atoms with Gasteiger partial charge in [-0.2, -0.15) is 0 Å². The summed E-state index contributed by atoms with van der Waals surface area (Å²) in [5.41, 5.74) is 2.16. The predicted octanol–water partition coefficient (Wildman–Crippen LogP) is 3.28. The van der Waals surface area contributed by atoms with Crippen molar-refractivity contribution < 1.29 is 8.78 Å². The summed E-state index contributed by atoms with van der Waals surface area (Å²) in [6, 6.07) is 11.6. The molecule has 0 aliphatic rings. The van der Waals surface area contributed by atoms with E-state index in [1.165, 1.54) is 6.07 Å². The molecule has 0 saturated carbocycles. The van der Waals surface area contributed by atoms with E-state index in [1.807, 2.05) is 28.8 Å². The van der Waals surface area contributed by atoms with Crippen molar-refractivity contribution in [3.63, 3.8) is 0 Å². The molecule has 0 aliphatic heterocycles. The second-order valence-corrected chi connectivity index (χ2v) is 4.87. The van der Waals surface area contributed by atoms with Gasteiger partial charge in [-0.25, -0.2) is 13.8 Å².